The lowest BCUT2D eigenvalue weighted by atomic mass is 9.64. The molecule has 0 aromatic heterocycles. The first-order chi connectivity index (χ1) is 4.81. The van der Waals surface area contributed by atoms with E-state index in [1.165, 1.54) is 6.42 Å². The number of aliphatic hydroxyl groups is 1. The molecule has 82 valence electrons. The molecule has 1 rings (SSSR count). The van der Waals surface area contributed by atoms with Crippen LogP contribution in [0.5, 0.6) is 0 Å². The molecule has 0 heterocycles. The van der Waals surface area contributed by atoms with Gasteiger partial charge in [0, 0.05) is 0 Å². The van der Waals surface area contributed by atoms with E-state index in [-0.39, 0.29) is 30.9 Å². The number of aliphatic hydroxyl groups excluding tert-OH is 1. The number of hydrogen-bond donors (Lipinski definition) is 1. The summed E-state index contributed by atoms with van der Waals surface area (Å²) in [5.74, 6) is 0. The molecule has 0 saturated heterocycles. The minimum atomic E-state index is -0.0752. The average Bonchev–Trinajstić information content (AvgIpc) is 1.49. The molecule has 1 N–H and O–H groups in total. The second-order valence-electron chi connectivity index (χ2n) is 5.57. The van der Waals surface area contributed by atoms with Crippen molar-refractivity contribution in [3.05, 3.63) is 0 Å². The summed E-state index contributed by atoms with van der Waals surface area (Å²) in [6.07, 6.45) is 3.10. The van der Waals surface area contributed by atoms with E-state index in [1.54, 1.807) is 0 Å². The van der Waals surface area contributed by atoms with Gasteiger partial charge in [0.05, 0.1) is 6.10 Å². The summed E-state index contributed by atoms with van der Waals surface area (Å²) in [4.78, 5) is 0. The Hall–Kier alpha value is 0.540. The summed E-state index contributed by atoms with van der Waals surface area (Å²) in [6, 6.07) is 0. The summed E-state index contributed by atoms with van der Waals surface area (Å²) in [7, 11) is 0. The molecule has 1 aliphatic rings. The van der Waals surface area contributed by atoms with Crippen LogP contribution in [0.2, 0.25) is 0 Å². The van der Waals surface area contributed by atoms with E-state index in [9.17, 15) is 5.11 Å². The Morgan fingerprint density at radius 3 is 1.46 bits per heavy atom. The predicted molar refractivity (Wildman–Crippen MR) is 61.9 cm³/mol. The third kappa shape index (κ3) is 5.09. The summed E-state index contributed by atoms with van der Waals surface area (Å²) in [6.45, 7) is 8.99. The highest BCUT2D eigenvalue weighted by molar-refractivity contribution is 5.85. The van der Waals surface area contributed by atoms with E-state index in [4.69, 9.17) is 0 Å². The van der Waals surface area contributed by atoms with Gasteiger partial charge in [-0.3, -0.25) is 0 Å². The number of halogens is 2. The van der Waals surface area contributed by atoms with Crippen LogP contribution in [0.1, 0.15) is 47.0 Å². The monoisotopic (exact) mass is 228 g/mol. The van der Waals surface area contributed by atoms with Gasteiger partial charge >= 0.3 is 0 Å². The summed E-state index contributed by atoms with van der Waals surface area (Å²) in [5, 5.41) is 9.58. The van der Waals surface area contributed by atoms with Gasteiger partial charge in [0.25, 0.3) is 0 Å². The lowest BCUT2D eigenvalue weighted by molar-refractivity contribution is -0.000553. The molecule has 1 fully saturated rings. The van der Waals surface area contributed by atoms with Crippen molar-refractivity contribution in [2.45, 2.75) is 53.1 Å². The first kappa shape index (κ1) is 16.0. The third-order valence-corrected chi connectivity index (χ3v) is 2.53. The molecule has 3 heteroatoms. The zero-order valence-electron chi connectivity index (χ0n) is 8.96. The first-order valence-electron chi connectivity index (χ1n) is 4.49. The molecule has 0 aromatic carbocycles. The minimum absolute atomic E-state index is 0. The van der Waals surface area contributed by atoms with Crippen LogP contribution < -0.4 is 0 Å². The van der Waals surface area contributed by atoms with Gasteiger partial charge in [0.1, 0.15) is 0 Å². The SMILES string of the molecule is CC1(C)CC(O)CC(C)(C)C1.Cl.Cl. The van der Waals surface area contributed by atoms with Crippen LogP contribution in [-0.2, 0) is 0 Å². The van der Waals surface area contributed by atoms with Crippen molar-refractivity contribution < 1.29 is 5.11 Å². The maximum Gasteiger partial charge on any atom is 0.0550 e. The van der Waals surface area contributed by atoms with E-state index in [2.05, 4.69) is 27.7 Å². The van der Waals surface area contributed by atoms with Crippen molar-refractivity contribution in [3.8, 4) is 0 Å². The molecule has 0 unspecified atom stereocenters. The van der Waals surface area contributed by atoms with Gasteiger partial charge in [0.15, 0.2) is 0 Å². The minimum Gasteiger partial charge on any atom is -0.393 e. The molecular formula is C10H22Cl2O. The normalized spacial score (nSPS) is 25.6. The molecular weight excluding hydrogens is 207 g/mol. The fraction of sp³-hybridized carbons (Fsp3) is 1.00. The fourth-order valence-corrected chi connectivity index (χ4v) is 2.79. The van der Waals surface area contributed by atoms with Crippen LogP contribution >= 0.6 is 24.8 Å². The summed E-state index contributed by atoms with van der Waals surface area (Å²) < 4.78 is 0. The van der Waals surface area contributed by atoms with E-state index in [1.807, 2.05) is 0 Å². The van der Waals surface area contributed by atoms with Crippen LogP contribution in [0, 0.1) is 10.8 Å². The third-order valence-electron chi connectivity index (χ3n) is 2.53. The fourth-order valence-electron chi connectivity index (χ4n) is 2.79. The highest BCUT2D eigenvalue weighted by Crippen LogP contribution is 2.45. The second-order valence-corrected chi connectivity index (χ2v) is 5.57. The average molecular weight is 229 g/mol. The van der Waals surface area contributed by atoms with Gasteiger partial charge in [-0.15, -0.1) is 24.8 Å². The molecule has 1 nitrogen and oxygen atoms in total. The van der Waals surface area contributed by atoms with E-state index < -0.39 is 0 Å². The Morgan fingerprint density at radius 2 is 1.23 bits per heavy atom. The second kappa shape index (κ2) is 4.86. The van der Waals surface area contributed by atoms with E-state index in [0.717, 1.165) is 12.8 Å². The highest BCUT2D eigenvalue weighted by Gasteiger charge is 2.37. The van der Waals surface area contributed by atoms with Crippen LogP contribution in [-0.4, -0.2) is 11.2 Å². The predicted octanol–water partition coefficient (Wildman–Crippen LogP) is 3.43. The molecule has 0 atom stereocenters. The van der Waals surface area contributed by atoms with Crippen LogP contribution in [0.3, 0.4) is 0 Å². The van der Waals surface area contributed by atoms with Crippen molar-refractivity contribution >= 4 is 24.8 Å². The van der Waals surface area contributed by atoms with Gasteiger partial charge in [-0.2, -0.15) is 0 Å². The Bertz CT molecular complexity index is 139. The van der Waals surface area contributed by atoms with Gasteiger partial charge in [-0.25, -0.2) is 0 Å². The van der Waals surface area contributed by atoms with E-state index >= 15 is 0 Å². The quantitative estimate of drug-likeness (QED) is 0.674. The van der Waals surface area contributed by atoms with E-state index in [0.29, 0.717) is 10.8 Å². The van der Waals surface area contributed by atoms with Crippen molar-refractivity contribution in [1.82, 2.24) is 0 Å². The number of hydrogen-bond acceptors (Lipinski definition) is 1. The molecule has 0 aromatic rings. The first-order valence-corrected chi connectivity index (χ1v) is 4.49. The maximum absolute atomic E-state index is 9.58. The largest absolute Gasteiger partial charge is 0.393 e. The van der Waals surface area contributed by atoms with Crippen LogP contribution in [0.15, 0.2) is 0 Å². The van der Waals surface area contributed by atoms with Gasteiger partial charge in [-0.1, -0.05) is 27.7 Å². The Labute approximate surface area is 94.1 Å². The van der Waals surface area contributed by atoms with Gasteiger partial charge < -0.3 is 5.11 Å². The smallest absolute Gasteiger partial charge is 0.0550 e. The molecule has 0 bridgehead atoms. The number of rotatable bonds is 0. The molecule has 0 radical (unpaired) electrons. The Kier molecular flexibility index (Phi) is 5.98. The lowest BCUT2D eigenvalue weighted by Crippen LogP contribution is -2.36. The Balaban J connectivity index is 0. The van der Waals surface area contributed by atoms with Gasteiger partial charge in [-0.05, 0) is 30.1 Å². The molecule has 13 heavy (non-hydrogen) atoms. The van der Waals surface area contributed by atoms with Crippen LogP contribution in [0.4, 0.5) is 0 Å². The zero-order valence-corrected chi connectivity index (χ0v) is 10.6. The lowest BCUT2D eigenvalue weighted by Gasteiger charge is -2.43. The summed E-state index contributed by atoms with van der Waals surface area (Å²) >= 11 is 0. The molecule has 0 amide bonds. The molecule has 1 aliphatic carbocycles. The molecule has 0 aliphatic heterocycles. The zero-order chi connectivity index (χ0) is 8.70. The van der Waals surface area contributed by atoms with Crippen molar-refractivity contribution in [2.75, 3.05) is 0 Å². The molecule has 0 spiro atoms. The molecule has 1 saturated carbocycles. The standard InChI is InChI=1S/C10H20O.2ClH/c1-9(2)5-8(11)6-10(3,4)7-9;;/h8,11H,5-7H2,1-4H3;2*1H. The maximum atomic E-state index is 9.58. The highest BCUT2D eigenvalue weighted by atomic mass is 35.5. The van der Waals surface area contributed by atoms with Crippen molar-refractivity contribution in [1.29, 1.82) is 0 Å². The van der Waals surface area contributed by atoms with Crippen molar-refractivity contribution in [3.63, 3.8) is 0 Å². The Morgan fingerprint density at radius 1 is 0.923 bits per heavy atom. The van der Waals surface area contributed by atoms with Gasteiger partial charge in [0.2, 0.25) is 0 Å². The van der Waals surface area contributed by atoms with Crippen molar-refractivity contribution in [2.24, 2.45) is 10.8 Å². The topological polar surface area (TPSA) is 20.2 Å². The summed E-state index contributed by atoms with van der Waals surface area (Å²) in [5.41, 5.74) is 0.669. The van der Waals surface area contributed by atoms with Crippen LogP contribution in [0.25, 0.3) is 0 Å².